The van der Waals surface area contributed by atoms with Crippen molar-refractivity contribution in [2.45, 2.75) is 6.54 Å². The van der Waals surface area contributed by atoms with Gasteiger partial charge in [0.15, 0.2) is 0 Å². The Hall–Kier alpha value is -3.45. The molecule has 0 amide bonds. The Labute approximate surface area is 169 Å². The number of halogens is 1. The first-order chi connectivity index (χ1) is 14.1. The van der Waals surface area contributed by atoms with E-state index < -0.39 is 0 Å². The fourth-order valence-electron chi connectivity index (χ4n) is 3.28. The fourth-order valence-corrected chi connectivity index (χ4v) is 4.35. The van der Waals surface area contributed by atoms with Crippen LogP contribution in [0.4, 0.5) is 10.3 Å². The molecular formula is C22H16FN3O2S. The number of nitrogens with one attached hydrogen (secondary N) is 1. The van der Waals surface area contributed by atoms with Crippen molar-refractivity contribution in [1.29, 1.82) is 0 Å². The first-order valence-corrected chi connectivity index (χ1v) is 9.87. The molecule has 7 heteroatoms. The molecule has 0 bridgehead atoms. The third-order valence-corrected chi connectivity index (χ3v) is 6.01. The zero-order chi connectivity index (χ0) is 20.0. The number of hydrogen-bond donors (Lipinski definition) is 1. The van der Waals surface area contributed by atoms with Crippen molar-refractivity contribution in [3.05, 3.63) is 82.6 Å². The third-order valence-electron chi connectivity index (χ3n) is 4.85. The second-order valence-electron chi connectivity index (χ2n) is 6.78. The van der Waals surface area contributed by atoms with E-state index in [0.29, 0.717) is 22.7 Å². The minimum Gasteiger partial charge on any atom is -0.464 e. The average Bonchev–Trinajstić information content (AvgIpc) is 3.36. The van der Waals surface area contributed by atoms with Crippen molar-refractivity contribution in [3.8, 4) is 10.4 Å². The van der Waals surface area contributed by atoms with Crippen LogP contribution in [0.25, 0.3) is 31.6 Å². The van der Waals surface area contributed by atoms with Crippen molar-refractivity contribution in [1.82, 2.24) is 9.55 Å². The summed E-state index contributed by atoms with van der Waals surface area (Å²) in [5, 5.41) is 4.28. The van der Waals surface area contributed by atoms with Crippen LogP contribution >= 0.6 is 11.3 Å². The third kappa shape index (κ3) is 3.19. The summed E-state index contributed by atoms with van der Waals surface area (Å²) in [6.45, 7) is 0.530. The van der Waals surface area contributed by atoms with Crippen LogP contribution in [0.1, 0.15) is 5.56 Å². The topological polar surface area (TPSA) is 60.1 Å². The maximum absolute atomic E-state index is 13.2. The molecule has 0 saturated heterocycles. The van der Waals surface area contributed by atoms with Crippen molar-refractivity contribution in [2.75, 3.05) is 5.32 Å². The van der Waals surface area contributed by atoms with E-state index in [4.69, 9.17) is 4.42 Å². The van der Waals surface area contributed by atoms with E-state index in [2.05, 4.69) is 10.3 Å². The van der Waals surface area contributed by atoms with Gasteiger partial charge in [-0.25, -0.2) is 9.37 Å². The minimum absolute atomic E-state index is 0.110. The van der Waals surface area contributed by atoms with Crippen molar-refractivity contribution >= 4 is 38.5 Å². The Bertz CT molecular complexity index is 1400. The molecule has 144 valence electrons. The quantitative estimate of drug-likeness (QED) is 0.449. The highest BCUT2D eigenvalue weighted by Crippen LogP contribution is 2.31. The van der Waals surface area contributed by atoms with E-state index in [1.165, 1.54) is 28.0 Å². The van der Waals surface area contributed by atoms with Gasteiger partial charge in [0, 0.05) is 23.9 Å². The minimum atomic E-state index is -0.288. The number of fused-ring (bicyclic) bond motifs is 2. The van der Waals surface area contributed by atoms with E-state index in [1.54, 1.807) is 25.4 Å². The smallest absolute Gasteiger partial charge is 0.272 e. The molecule has 1 N–H and O–H groups in total. The average molecular weight is 405 g/mol. The molecule has 5 rings (SSSR count). The van der Waals surface area contributed by atoms with Gasteiger partial charge in [0.25, 0.3) is 5.56 Å². The first-order valence-electron chi connectivity index (χ1n) is 9.05. The number of hydrogen-bond acceptors (Lipinski definition) is 5. The van der Waals surface area contributed by atoms with Crippen LogP contribution in [0.2, 0.25) is 0 Å². The SMILES string of the molecule is Cn1c(NCc2ccc3occc3c2)nc2cc(-c3ccc(F)cc3)sc2c1=O. The van der Waals surface area contributed by atoms with Gasteiger partial charge < -0.3 is 9.73 Å². The summed E-state index contributed by atoms with van der Waals surface area (Å²) in [5.41, 5.74) is 3.28. The highest BCUT2D eigenvalue weighted by Gasteiger charge is 2.13. The van der Waals surface area contributed by atoms with Crippen molar-refractivity contribution in [3.63, 3.8) is 0 Å². The van der Waals surface area contributed by atoms with Crippen LogP contribution in [0, 0.1) is 5.82 Å². The normalized spacial score (nSPS) is 11.4. The van der Waals surface area contributed by atoms with Gasteiger partial charge in [-0.2, -0.15) is 0 Å². The molecule has 5 nitrogen and oxygen atoms in total. The molecule has 29 heavy (non-hydrogen) atoms. The second-order valence-corrected chi connectivity index (χ2v) is 7.83. The van der Waals surface area contributed by atoms with Crippen LogP contribution in [-0.4, -0.2) is 9.55 Å². The summed E-state index contributed by atoms with van der Waals surface area (Å²) in [6.07, 6.45) is 1.66. The Morgan fingerprint density at radius 2 is 1.97 bits per heavy atom. The van der Waals surface area contributed by atoms with Gasteiger partial charge in [-0.1, -0.05) is 18.2 Å². The molecule has 5 aromatic rings. The molecular weight excluding hydrogens is 389 g/mol. The van der Waals surface area contributed by atoms with Crippen molar-refractivity contribution in [2.24, 2.45) is 7.05 Å². The molecule has 0 saturated carbocycles. The molecule has 0 aliphatic carbocycles. The second kappa shape index (κ2) is 6.86. The first kappa shape index (κ1) is 17.6. The predicted octanol–water partition coefficient (Wildman–Crippen LogP) is 5.16. The lowest BCUT2D eigenvalue weighted by atomic mass is 10.1. The van der Waals surface area contributed by atoms with E-state index in [9.17, 15) is 9.18 Å². The lowest BCUT2D eigenvalue weighted by Crippen LogP contribution is -2.21. The van der Waals surface area contributed by atoms with Crippen LogP contribution in [0.15, 0.2) is 70.1 Å². The molecule has 0 spiro atoms. The van der Waals surface area contributed by atoms with Crippen LogP contribution in [0.5, 0.6) is 0 Å². The Morgan fingerprint density at radius 3 is 2.79 bits per heavy atom. The monoisotopic (exact) mass is 405 g/mol. The summed E-state index contributed by atoms with van der Waals surface area (Å²) in [4.78, 5) is 18.3. The Kier molecular flexibility index (Phi) is 4.17. The Balaban J connectivity index is 1.48. The Morgan fingerprint density at radius 1 is 1.14 bits per heavy atom. The van der Waals surface area contributed by atoms with Gasteiger partial charge in [0.2, 0.25) is 5.95 Å². The maximum atomic E-state index is 13.2. The molecule has 0 aliphatic rings. The molecule has 3 aromatic heterocycles. The van der Waals surface area contributed by atoms with Gasteiger partial charge in [0.05, 0.1) is 11.8 Å². The molecule has 0 aliphatic heterocycles. The molecule has 0 fully saturated rings. The largest absolute Gasteiger partial charge is 0.464 e. The summed E-state index contributed by atoms with van der Waals surface area (Å²) in [5.74, 6) is 0.210. The fraction of sp³-hybridized carbons (Fsp3) is 0.0909. The number of nitrogens with zero attached hydrogens (tertiary/aromatic N) is 2. The van der Waals surface area contributed by atoms with Crippen LogP contribution < -0.4 is 10.9 Å². The molecule has 3 heterocycles. The summed E-state index contributed by atoms with van der Waals surface area (Å²) in [6, 6.07) is 16.0. The maximum Gasteiger partial charge on any atom is 0.272 e. The summed E-state index contributed by atoms with van der Waals surface area (Å²) >= 11 is 1.37. The highest BCUT2D eigenvalue weighted by atomic mass is 32.1. The van der Waals surface area contributed by atoms with E-state index in [1.807, 2.05) is 30.3 Å². The number of rotatable bonds is 4. The van der Waals surface area contributed by atoms with Crippen LogP contribution in [0.3, 0.4) is 0 Å². The van der Waals surface area contributed by atoms with Gasteiger partial charge in [0.1, 0.15) is 16.1 Å². The van der Waals surface area contributed by atoms with Gasteiger partial charge in [-0.3, -0.25) is 9.36 Å². The number of benzene rings is 2. The molecule has 2 aromatic carbocycles. The zero-order valence-electron chi connectivity index (χ0n) is 15.5. The highest BCUT2D eigenvalue weighted by molar-refractivity contribution is 7.22. The van der Waals surface area contributed by atoms with E-state index in [-0.39, 0.29) is 11.4 Å². The summed E-state index contributed by atoms with van der Waals surface area (Å²) in [7, 11) is 1.70. The summed E-state index contributed by atoms with van der Waals surface area (Å²) < 4.78 is 20.7. The lowest BCUT2D eigenvalue weighted by molar-refractivity contribution is 0.616. The number of aromatic nitrogens is 2. The number of thiophene rings is 1. The number of anilines is 1. The molecule has 0 atom stereocenters. The lowest BCUT2D eigenvalue weighted by Gasteiger charge is -2.10. The number of furan rings is 1. The van der Waals surface area contributed by atoms with Crippen LogP contribution in [-0.2, 0) is 13.6 Å². The van der Waals surface area contributed by atoms with E-state index in [0.717, 1.165) is 27.0 Å². The van der Waals surface area contributed by atoms with Gasteiger partial charge in [-0.15, -0.1) is 11.3 Å². The molecule has 0 unspecified atom stereocenters. The molecule has 0 radical (unpaired) electrons. The van der Waals surface area contributed by atoms with Crippen molar-refractivity contribution < 1.29 is 8.81 Å². The zero-order valence-corrected chi connectivity index (χ0v) is 16.3. The standard InChI is InChI=1S/C22H16FN3O2S/c1-26-21(27)20-17(11-19(29-20)14-3-5-16(23)6-4-14)25-22(26)24-12-13-2-7-18-15(10-13)8-9-28-18/h2-11H,12H2,1H3,(H,24,25). The van der Waals surface area contributed by atoms with Gasteiger partial charge >= 0.3 is 0 Å². The van der Waals surface area contributed by atoms with E-state index >= 15 is 0 Å². The van der Waals surface area contributed by atoms with Gasteiger partial charge in [-0.05, 0) is 47.5 Å². The predicted molar refractivity (Wildman–Crippen MR) is 114 cm³/mol.